The van der Waals surface area contributed by atoms with E-state index in [0.29, 0.717) is 74.7 Å². The Balaban J connectivity index is 0. The number of carbonyl (C=O) groups excluding carboxylic acids is 2. The first-order chi connectivity index (χ1) is 30.9. The molecule has 0 spiro atoms. The van der Waals surface area contributed by atoms with E-state index in [1.807, 2.05) is 131 Å². The summed E-state index contributed by atoms with van der Waals surface area (Å²) in [6, 6.07) is 31.3. The molecule has 2 unspecified atom stereocenters. The van der Waals surface area contributed by atoms with E-state index in [9.17, 15) is 19.8 Å². The summed E-state index contributed by atoms with van der Waals surface area (Å²) in [6.45, 7) is 13.5. The fourth-order valence-corrected chi connectivity index (χ4v) is 5.05. The van der Waals surface area contributed by atoms with Crippen molar-refractivity contribution in [2.24, 2.45) is 0 Å². The number of amides is 2. The number of aromatic hydroxyl groups is 2. The third-order valence-corrected chi connectivity index (χ3v) is 10.5. The molecule has 18 heteroatoms. The summed E-state index contributed by atoms with van der Waals surface area (Å²) in [5.41, 5.74) is 4.54. The number of phenols is 2. The number of nitrogens with zero attached hydrogens (tertiary/aromatic N) is 6. The number of phenolic OH excluding ortho intramolecular Hbond substituents is 2. The monoisotopic (exact) mass is 1590 g/mol. The summed E-state index contributed by atoms with van der Waals surface area (Å²) in [5.74, 6) is 1.85. The fourth-order valence-electron chi connectivity index (χ4n) is 5.05. The van der Waals surface area contributed by atoms with E-state index < -0.39 is 0 Å². The van der Waals surface area contributed by atoms with Crippen molar-refractivity contribution in [2.75, 3.05) is 83.6 Å². The van der Waals surface area contributed by atoms with Crippen LogP contribution in [0.25, 0.3) is 0 Å². The van der Waals surface area contributed by atoms with Gasteiger partial charge in [0.15, 0.2) is 0 Å². The number of hydrogen-bond donors (Lipinski definition) is 2. The molecule has 0 radical (unpaired) electrons. The van der Waals surface area contributed by atoms with E-state index in [-0.39, 0.29) is 24.3 Å². The zero-order valence-electron chi connectivity index (χ0n) is 41.4. The first-order valence-electron chi connectivity index (χ1n) is 21.0. The van der Waals surface area contributed by atoms with Gasteiger partial charge in [0.2, 0.25) is 0 Å². The van der Waals surface area contributed by atoms with Crippen LogP contribution in [0.2, 0.25) is 0 Å². The van der Waals surface area contributed by atoms with Crippen LogP contribution < -0.4 is 36.0 Å². The zero-order chi connectivity index (χ0) is 51.1. The van der Waals surface area contributed by atoms with E-state index >= 15 is 0 Å². The fraction of sp³-hybridized carbons (Fsp3) is 0.458. The van der Waals surface area contributed by atoms with Crippen LogP contribution >= 0.6 is 74.5 Å². The SMILES string of the molecule is CC(c1cccc(O)c1)N(C)C.CCN(C)C(=O)Oc1cccc(C(C)N(C)C)c1.CCN(C)C(=O)Oc1cccc([C@H](C)N(C)C)c1.C[C@@H](c1cccc(O)c1)N(C)C.I[I-]I.I[I-]I. The Hall–Kier alpha value is -0.760. The van der Waals surface area contributed by atoms with Gasteiger partial charge in [0.1, 0.15) is 23.0 Å². The number of rotatable bonds is 12. The standard InChI is InChI=1S/2C14H22N2O2.2C10H15NO.2I3/c2*1-6-16(5)14(17)18-13-9-7-8-12(10-13)11(2)15(3)4;2*1-8(11(2)3)9-5-4-6-10(12)7-9;2*1-3-2/h2*7-11H,6H2,1-5H3;2*4-8,12H,1-3H3;;/q;;;;2*-1/t11-;;8-;;;/m0.0.../s1. The van der Waals surface area contributed by atoms with E-state index in [1.165, 1.54) is 9.80 Å². The number of ether oxygens (including phenoxy) is 2. The zero-order valence-corrected chi connectivity index (χ0v) is 54.4. The van der Waals surface area contributed by atoms with Crippen molar-refractivity contribution in [1.82, 2.24) is 29.4 Å². The molecular weight excluding hydrogens is 1520 g/mol. The minimum absolute atomic E-state index is 0.285. The van der Waals surface area contributed by atoms with Gasteiger partial charge in [0.05, 0.1) is 0 Å². The summed E-state index contributed by atoms with van der Waals surface area (Å²) in [7, 11) is 19.6. The van der Waals surface area contributed by atoms with Gasteiger partial charge in [0.25, 0.3) is 0 Å². The van der Waals surface area contributed by atoms with Gasteiger partial charge in [-0.25, -0.2) is 9.59 Å². The molecule has 0 saturated carbocycles. The number of carbonyl (C=O) groups is 2. The van der Waals surface area contributed by atoms with Gasteiger partial charge in [-0.3, -0.25) is 0 Å². The third-order valence-electron chi connectivity index (χ3n) is 10.5. The van der Waals surface area contributed by atoms with Crippen molar-refractivity contribution in [1.29, 1.82) is 0 Å². The second kappa shape index (κ2) is 38.9. The Morgan fingerprint density at radius 1 is 0.470 bits per heavy atom. The van der Waals surface area contributed by atoms with Crippen LogP contribution in [0.15, 0.2) is 97.1 Å². The Kier molecular flexibility index (Phi) is 39.7. The Labute approximate surface area is 457 Å². The van der Waals surface area contributed by atoms with Crippen molar-refractivity contribution >= 4 is 86.6 Å². The molecule has 0 aromatic heterocycles. The van der Waals surface area contributed by atoms with Crippen LogP contribution in [0, 0.1) is 0 Å². The van der Waals surface area contributed by atoms with E-state index in [1.54, 1.807) is 50.5 Å². The van der Waals surface area contributed by atoms with Gasteiger partial charge >= 0.3 is 113 Å². The molecule has 4 aromatic carbocycles. The average molecular weight is 1590 g/mol. The molecule has 0 aliphatic rings. The summed E-state index contributed by atoms with van der Waals surface area (Å²) in [4.78, 5) is 34.8. The molecule has 12 nitrogen and oxygen atoms in total. The molecule has 4 rings (SSSR count). The molecule has 2 amide bonds. The molecule has 0 aliphatic heterocycles. The average Bonchev–Trinajstić information content (AvgIpc) is 3.28. The van der Waals surface area contributed by atoms with Crippen LogP contribution in [0.3, 0.4) is 0 Å². The Morgan fingerprint density at radius 2 is 0.697 bits per heavy atom. The molecule has 0 bridgehead atoms. The molecule has 4 atom stereocenters. The van der Waals surface area contributed by atoms with Crippen molar-refractivity contribution in [3.05, 3.63) is 119 Å². The first-order valence-corrected chi connectivity index (χ1v) is 46.1. The van der Waals surface area contributed by atoms with Crippen molar-refractivity contribution < 1.29 is 55.8 Å². The van der Waals surface area contributed by atoms with Gasteiger partial charge < -0.3 is 49.1 Å². The summed E-state index contributed by atoms with van der Waals surface area (Å²) < 4.78 is 10.6. The second-order valence-electron chi connectivity index (χ2n) is 15.8. The maximum atomic E-state index is 11.7. The van der Waals surface area contributed by atoms with Crippen LogP contribution in [-0.2, 0) is 0 Å². The van der Waals surface area contributed by atoms with E-state index in [0.717, 1.165) is 22.3 Å². The minimum atomic E-state index is -0.327. The number of hydrogen-bond acceptors (Lipinski definition) is 10. The Bertz CT molecular complexity index is 1780. The molecule has 0 saturated heterocycles. The van der Waals surface area contributed by atoms with Crippen LogP contribution in [0.1, 0.15) is 88.0 Å². The molecule has 2 N–H and O–H groups in total. The molecule has 66 heavy (non-hydrogen) atoms. The predicted molar refractivity (Wildman–Crippen MR) is 302 cm³/mol. The maximum absolute atomic E-state index is 11.7. The van der Waals surface area contributed by atoms with E-state index in [2.05, 4.69) is 122 Å². The topological polar surface area (TPSA) is 112 Å². The van der Waals surface area contributed by atoms with Gasteiger partial charge in [0, 0.05) is 51.4 Å². The van der Waals surface area contributed by atoms with Crippen LogP contribution in [0.5, 0.6) is 23.0 Å². The molecule has 0 heterocycles. The summed E-state index contributed by atoms with van der Waals surface area (Å²) >= 11 is 10.6. The second-order valence-corrected chi connectivity index (χ2v) is 48.3. The quantitative estimate of drug-likeness (QED) is 0.143. The van der Waals surface area contributed by atoms with Gasteiger partial charge in [-0.05, 0) is 169 Å². The summed E-state index contributed by atoms with van der Waals surface area (Å²) in [5, 5.41) is 18.5. The van der Waals surface area contributed by atoms with Crippen LogP contribution in [-0.4, -0.2) is 135 Å². The van der Waals surface area contributed by atoms with Crippen molar-refractivity contribution in [3.63, 3.8) is 0 Å². The first kappa shape index (κ1) is 67.3. The normalized spacial score (nSPS) is 12.2. The number of halogens is 6. The van der Waals surface area contributed by atoms with Crippen molar-refractivity contribution in [3.8, 4) is 23.0 Å². The number of benzene rings is 4. The molecule has 376 valence electrons. The molecule has 0 aliphatic carbocycles. The van der Waals surface area contributed by atoms with Gasteiger partial charge in [-0.15, -0.1) is 0 Å². The third kappa shape index (κ3) is 29.4. The molecule has 0 fully saturated rings. The van der Waals surface area contributed by atoms with Gasteiger partial charge in [-0.2, -0.15) is 0 Å². The van der Waals surface area contributed by atoms with E-state index in [4.69, 9.17) is 9.47 Å². The molecule has 4 aromatic rings. The predicted octanol–water partition coefficient (Wildman–Crippen LogP) is 7.10. The van der Waals surface area contributed by atoms with Gasteiger partial charge in [-0.1, -0.05) is 48.5 Å². The van der Waals surface area contributed by atoms with Crippen LogP contribution in [0.4, 0.5) is 9.59 Å². The Morgan fingerprint density at radius 3 is 0.909 bits per heavy atom. The summed E-state index contributed by atoms with van der Waals surface area (Å²) in [6.07, 6.45) is -0.653. The van der Waals surface area contributed by atoms with Crippen molar-refractivity contribution in [2.45, 2.75) is 65.7 Å². The molecular formula is C48H74I6N6O6-2.